The minimum Gasteiger partial charge on any atom is -0.466 e. The lowest BCUT2D eigenvalue weighted by atomic mass is 10.1. The van der Waals surface area contributed by atoms with Crippen molar-refractivity contribution in [1.29, 1.82) is 0 Å². The number of aryl methyl sites for hydroxylation is 1. The Hall–Kier alpha value is -2.97. The number of H-pyrrole nitrogens is 1. The lowest BCUT2D eigenvalue weighted by Gasteiger charge is -2.08. The number of carbonyl (C=O) groups is 2. The van der Waals surface area contributed by atoms with Gasteiger partial charge in [0.05, 0.1) is 6.61 Å². The SMILES string of the molecule is CCOC(=O)CCc1c(C)[nH]c(NC(=O)n2ccnc2)nc1=O. The van der Waals surface area contributed by atoms with Gasteiger partial charge in [-0.3, -0.25) is 19.5 Å². The molecule has 0 saturated carbocycles. The number of aromatic nitrogens is 4. The van der Waals surface area contributed by atoms with E-state index in [1.54, 1.807) is 13.8 Å². The zero-order chi connectivity index (χ0) is 16.8. The number of nitrogens with one attached hydrogen (secondary N) is 2. The van der Waals surface area contributed by atoms with Crippen LogP contribution in [0.2, 0.25) is 0 Å². The average molecular weight is 319 g/mol. The summed E-state index contributed by atoms with van der Waals surface area (Å²) in [5.41, 5.74) is 0.431. The maximum atomic E-state index is 12.0. The van der Waals surface area contributed by atoms with Crippen LogP contribution in [0.5, 0.6) is 0 Å². The van der Waals surface area contributed by atoms with Crippen LogP contribution in [0, 0.1) is 6.92 Å². The average Bonchev–Trinajstić information content (AvgIpc) is 3.01. The molecule has 2 N–H and O–H groups in total. The second-order valence-corrected chi connectivity index (χ2v) is 4.70. The summed E-state index contributed by atoms with van der Waals surface area (Å²) in [5.74, 6) is -0.338. The van der Waals surface area contributed by atoms with Gasteiger partial charge in [-0.1, -0.05) is 0 Å². The molecule has 0 unspecified atom stereocenters. The Morgan fingerprint density at radius 1 is 1.43 bits per heavy atom. The summed E-state index contributed by atoms with van der Waals surface area (Å²) in [5, 5.41) is 2.46. The van der Waals surface area contributed by atoms with E-state index in [1.807, 2.05) is 0 Å². The lowest BCUT2D eigenvalue weighted by molar-refractivity contribution is -0.143. The molecular weight excluding hydrogens is 302 g/mol. The van der Waals surface area contributed by atoms with Crippen molar-refractivity contribution in [3.05, 3.63) is 40.3 Å². The maximum Gasteiger partial charge on any atom is 0.333 e. The third-order valence-corrected chi connectivity index (χ3v) is 3.08. The van der Waals surface area contributed by atoms with Gasteiger partial charge in [-0.25, -0.2) is 9.78 Å². The smallest absolute Gasteiger partial charge is 0.333 e. The van der Waals surface area contributed by atoms with Crippen molar-refractivity contribution in [1.82, 2.24) is 19.5 Å². The summed E-state index contributed by atoms with van der Waals surface area (Å²) in [4.78, 5) is 45.6. The second-order valence-electron chi connectivity index (χ2n) is 4.70. The monoisotopic (exact) mass is 319 g/mol. The Labute approximate surface area is 131 Å². The van der Waals surface area contributed by atoms with E-state index >= 15 is 0 Å². The number of aromatic amines is 1. The standard InChI is InChI=1S/C14H17N5O4/c1-3-23-11(20)5-4-10-9(2)16-13(17-12(10)21)18-14(22)19-7-6-15-8-19/h6-8H,3-5H2,1-2H3,(H2,16,17,18,21,22). The van der Waals surface area contributed by atoms with Crippen LogP contribution in [0.25, 0.3) is 0 Å². The zero-order valence-electron chi connectivity index (χ0n) is 12.8. The normalized spacial score (nSPS) is 10.3. The fourth-order valence-electron chi connectivity index (χ4n) is 1.97. The van der Waals surface area contributed by atoms with Gasteiger partial charge in [0, 0.05) is 30.1 Å². The highest BCUT2D eigenvalue weighted by atomic mass is 16.5. The topological polar surface area (TPSA) is 119 Å². The third kappa shape index (κ3) is 4.25. The van der Waals surface area contributed by atoms with E-state index in [-0.39, 0.29) is 24.8 Å². The molecule has 0 bridgehead atoms. The minimum atomic E-state index is -0.496. The van der Waals surface area contributed by atoms with E-state index in [0.717, 1.165) is 0 Å². The molecule has 0 aromatic carbocycles. The number of hydrogen-bond acceptors (Lipinski definition) is 6. The number of carbonyl (C=O) groups excluding carboxylic acids is 2. The number of amides is 1. The van der Waals surface area contributed by atoms with Gasteiger partial charge in [-0.05, 0) is 20.3 Å². The molecule has 0 saturated heterocycles. The number of anilines is 1. The molecule has 2 rings (SSSR count). The molecule has 2 aromatic heterocycles. The van der Waals surface area contributed by atoms with Crippen molar-refractivity contribution in [2.24, 2.45) is 0 Å². The Balaban J connectivity index is 2.09. The van der Waals surface area contributed by atoms with E-state index in [0.29, 0.717) is 17.9 Å². The van der Waals surface area contributed by atoms with Gasteiger partial charge >= 0.3 is 12.0 Å². The second kappa shape index (κ2) is 7.34. The molecule has 2 aromatic rings. The first kappa shape index (κ1) is 16.4. The van der Waals surface area contributed by atoms with Gasteiger partial charge in [-0.2, -0.15) is 4.98 Å². The Morgan fingerprint density at radius 3 is 2.83 bits per heavy atom. The summed E-state index contributed by atoms with van der Waals surface area (Å²) in [6.45, 7) is 3.69. The molecule has 9 nitrogen and oxygen atoms in total. The predicted molar refractivity (Wildman–Crippen MR) is 81.2 cm³/mol. The van der Waals surface area contributed by atoms with Gasteiger partial charge in [0.2, 0.25) is 5.95 Å². The first-order valence-electron chi connectivity index (χ1n) is 7.06. The van der Waals surface area contributed by atoms with Crippen LogP contribution in [-0.2, 0) is 16.0 Å². The number of nitrogens with zero attached hydrogens (tertiary/aromatic N) is 3. The lowest BCUT2D eigenvalue weighted by Crippen LogP contribution is -2.24. The summed E-state index contributed by atoms with van der Waals surface area (Å²) in [6, 6.07) is -0.496. The van der Waals surface area contributed by atoms with Crippen molar-refractivity contribution >= 4 is 17.9 Å². The van der Waals surface area contributed by atoms with Crippen LogP contribution < -0.4 is 10.9 Å². The minimum absolute atomic E-state index is 0.0334. The molecule has 0 spiro atoms. The van der Waals surface area contributed by atoms with Crippen LogP contribution in [0.1, 0.15) is 24.6 Å². The molecule has 1 amide bonds. The third-order valence-electron chi connectivity index (χ3n) is 3.08. The molecule has 2 heterocycles. The first-order chi connectivity index (χ1) is 11.0. The quantitative estimate of drug-likeness (QED) is 0.789. The van der Waals surface area contributed by atoms with Crippen molar-refractivity contribution in [3.8, 4) is 0 Å². The molecule has 0 aliphatic rings. The molecule has 0 aliphatic heterocycles. The zero-order valence-corrected chi connectivity index (χ0v) is 12.8. The van der Waals surface area contributed by atoms with Crippen LogP contribution >= 0.6 is 0 Å². The molecule has 0 aliphatic carbocycles. The molecule has 0 fully saturated rings. The Kier molecular flexibility index (Phi) is 5.23. The van der Waals surface area contributed by atoms with Crippen LogP contribution in [-0.4, -0.2) is 38.1 Å². The molecule has 0 radical (unpaired) electrons. The van der Waals surface area contributed by atoms with Gasteiger partial charge in [0.1, 0.15) is 6.33 Å². The van der Waals surface area contributed by atoms with Crippen molar-refractivity contribution in [3.63, 3.8) is 0 Å². The molecule has 23 heavy (non-hydrogen) atoms. The van der Waals surface area contributed by atoms with E-state index in [1.165, 1.54) is 23.3 Å². The number of imidazole rings is 1. The summed E-state index contributed by atoms with van der Waals surface area (Å²) < 4.78 is 6.04. The number of ether oxygens (including phenoxy) is 1. The Bertz CT molecular complexity index is 751. The maximum absolute atomic E-state index is 12.0. The van der Waals surface area contributed by atoms with Crippen LogP contribution in [0.3, 0.4) is 0 Å². The number of hydrogen-bond donors (Lipinski definition) is 2. The Morgan fingerprint density at radius 2 is 2.22 bits per heavy atom. The van der Waals surface area contributed by atoms with Crippen molar-refractivity contribution < 1.29 is 14.3 Å². The first-order valence-corrected chi connectivity index (χ1v) is 7.06. The summed E-state index contributed by atoms with van der Waals surface area (Å²) in [6.07, 6.45) is 4.57. The van der Waals surface area contributed by atoms with E-state index in [9.17, 15) is 14.4 Å². The summed E-state index contributed by atoms with van der Waals surface area (Å²) in [7, 11) is 0. The predicted octanol–water partition coefficient (Wildman–Crippen LogP) is 0.851. The highest BCUT2D eigenvalue weighted by molar-refractivity contribution is 5.89. The molecule has 122 valence electrons. The van der Waals surface area contributed by atoms with Crippen LogP contribution in [0.15, 0.2) is 23.5 Å². The number of esters is 1. The van der Waals surface area contributed by atoms with Gasteiger partial charge < -0.3 is 9.72 Å². The van der Waals surface area contributed by atoms with Gasteiger partial charge in [0.15, 0.2) is 0 Å². The highest BCUT2D eigenvalue weighted by Crippen LogP contribution is 2.06. The number of rotatable bonds is 5. The van der Waals surface area contributed by atoms with Crippen LogP contribution in [0.4, 0.5) is 10.7 Å². The molecule has 0 atom stereocenters. The summed E-state index contributed by atoms with van der Waals surface area (Å²) >= 11 is 0. The largest absolute Gasteiger partial charge is 0.466 e. The highest BCUT2D eigenvalue weighted by Gasteiger charge is 2.13. The molecular formula is C14H17N5O4. The van der Waals surface area contributed by atoms with E-state index in [4.69, 9.17) is 4.74 Å². The molecule has 9 heteroatoms. The van der Waals surface area contributed by atoms with Crippen molar-refractivity contribution in [2.45, 2.75) is 26.7 Å². The van der Waals surface area contributed by atoms with Gasteiger partial charge in [-0.15, -0.1) is 0 Å². The van der Waals surface area contributed by atoms with E-state index in [2.05, 4.69) is 20.3 Å². The van der Waals surface area contributed by atoms with E-state index < -0.39 is 11.6 Å². The van der Waals surface area contributed by atoms with Crippen molar-refractivity contribution in [2.75, 3.05) is 11.9 Å². The fourth-order valence-corrected chi connectivity index (χ4v) is 1.97. The van der Waals surface area contributed by atoms with Gasteiger partial charge in [0.25, 0.3) is 5.56 Å². The fraction of sp³-hybridized carbons (Fsp3) is 0.357.